The third kappa shape index (κ3) is 4.13. The van der Waals surface area contributed by atoms with Crippen molar-refractivity contribution in [2.75, 3.05) is 0 Å². The van der Waals surface area contributed by atoms with Crippen molar-refractivity contribution >= 4 is 33.8 Å². The molecule has 0 bridgehead atoms. The molecule has 3 aromatic rings. The van der Waals surface area contributed by atoms with Crippen molar-refractivity contribution in [3.8, 4) is 11.6 Å². The highest BCUT2D eigenvalue weighted by atomic mass is 79.9. The SMILES string of the molecule is CC1(c2ccccc2)NC(=O)N(NC(=O)c2ccc(Oc3cccc(Br)c3)nc2)C1=O. The predicted molar refractivity (Wildman–Crippen MR) is 115 cm³/mol. The summed E-state index contributed by atoms with van der Waals surface area (Å²) < 4.78 is 6.49. The van der Waals surface area contributed by atoms with Crippen molar-refractivity contribution in [1.82, 2.24) is 20.7 Å². The summed E-state index contributed by atoms with van der Waals surface area (Å²) in [6.07, 6.45) is 1.30. The number of rotatable bonds is 5. The molecule has 1 aromatic heterocycles. The maximum absolute atomic E-state index is 12.9. The molecule has 8 nitrogen and oxygen atoms in total. The van der Waals surface area contributed by atoms with Crippen molar-refractivity contribution in [3.63, 3.8) is 0 Å². The van der Waals surface area contributed by atoms with E-state index in [9.17, 15) is 14.4 Å². The number of ether oxygens (including phenoxy) is 1. The Labute approximate surface area is 186 Å². The van der Waals surface area contributed by atoms with Crippen LogP contribution in [-0.4, -0.2) is 27.8 Å². The van der Waals surface area contributed by atoms with Crippen LogP contribution in [0.3, 0.4) is 0 Å². The summed E-state index contributed by atoms with van der Waals surface area (Å²) in [5.41, 5.74) is 1.84. The first-order valence-corrected chi connectivity index (χ1v) is 10.1. The molecule has 1 atom stereocenters. The van der Waals surface area contributed by atoms with Gasteiger partial charge in [0.2, 0.25) is 5.88 Å². The van der Waals surface area contributed by atoms with Crippen molar-refractivity contribution in [2.24, 2.45) is 0 Å². The minimum atomic E-state index is -1.27. The number of nitrogens with one attached hydrogen (secondary N) is 2. The van der Waals surface area contributed by atoms with E-state index in [2.05, 4.69) is 31.7 Å². The number of pyridine rings is 1. The Kier molecular flexibility index (Phi) is 5.43. The van der Waals surface area contributed by atoms with E-state index in [4.69, 9.17) is 4.74 Å². The summed E-state index contributed by atoms with van der Waals surface area (Å²) in [7, 11) is 0. The molecule has 4 rings (SSSR count). The number of imide groups is 1. The van der Waals surface area contributed by atoms with Gasteiger partial charge in [-0.1, -0.05) is 52.3 Å². The number of carbonyl (C=O) groups is 3. The average molecular weight is 481 g/mol. The fourth-order valence-electron chi connectivity index (χ4n) is 3.10. The van der Waals surface area contributed by atoms with Crippen LogP contribution in [0.2, 0.25) is 0 Å². The number of halogens is 1. The molecule has 9 heteroatoms. The van der Waals surface area contributed by atoms with Crippen LogP contribution in [0.5, 0.6) is 11.6 Å². The molecule has 1 saturated heterocycles. The maximum Gasteiger partial charge on any atom is 0.344 e. The summed E-state index contributed by atoms with van der Waals surface area (Å²) in [5, 5.41) is 3.31. The van der Waals surface area contributed by atoms with Gasteiger partial charge in [0.05, 0.1) is 5.56 Å². The fourth-order valence-corrected chi connectivity index (χ4v) is 3.48. The summed E-state index contributed by atoms with van der Waals surface area (Å²) >= 11 is 3.36. The molecule has 1 fully saturated rings. The lowest BCUT2D eigenvalue weighted by atomic mass is 9.92. The molecule has 2 heterocycles. The summed E-state index contributed by atoms with van der Waals surface area (Å²) in [6.45, 7) is 1.59. The minimum absolute atomic E-state index is 0.163. The van der Waals surface area contributed by atoms with E-state index in [1.54, 1.807) is 43.3 Å². The Morgan fingerprint density at radius 3 is 2.55 bits per heavy atom. The van der Waals surface area contributed by atoms with E-state index in [1.165, 1.54) is 18.3 Å². The molecule has 0 spiro atoms. The van der Waals surface area contributed by atoms with Gasteiger partial charge < -0.3 is 10.1 Å². The van der Waals surface area contributed by atoms with Crippen LogP contribution in [0, 0.1) is 0 Å². The summed E-state index contributed by atoms with van der Waals surface area (Å²) in [5.74, 6) is -0.359. The average Bonchev–Trinajstić information content (AvgIpc) is 2.99. The normalized spacial score (nSPS) is 17.9. The number of hydrogen-bond acceptors (Lipinski definition) is 5. The molecule has 31 heavy (non-hydrogen) atoms. The van der Waals surface area contributed by atoms with Gasteiger partial charge in [-0.15, -0.1) is 0 Å². The number of hydrazine groups is 1. The highest BCUT2D eigenvalue weighted by molar-refractivity contribution is 9.10. The van der Waals surface area contributed by atoms with Gasteiger partial charge in [-0.25, -0.2) is 9.78 Å². The second-order valence-electron chi connectivity index (χ2n) is 6.95. The van der Waals surface area contributed by atoms with Crippen LogP contribution in [0.25, 0.3) is 0 Å². The second kappa shape index (κ2) is 8.19. The molecule has 1 unspecified atom stereocenters. The third-order valence-electron chi connectivity index (χ3n) is 4.77. The quantitative estimate of drug-likeness (QED) is 0.541. The Morgan fingerprint density at radius 1 is 1.10 bits per heavy atom. The first-order chi connectivity index (χ1) is 14.9. The zero-order valence-electron chi connectivity index (χ0n) is 16.3. The molecule has 0 aliphatic carbocycles. The number of hydrogen-bond donors (Lipinski definition) is 2. The molecular weight excluding hydrogens is 464 g/mol. The third-order valence-corrected chi connectivity index (χ3v) is 5.27. The van der Waals surface area contributed by atoms with E-state index >= 15 is 0 Å². The van der Waals surface area contributed by atoms with Crippen LogP contribution in [0.1, 0.15) is 22.8 Å². The number of amides is 4. The van der Waals surface area contributed by atoms with Crippen LogP contribution >= 0.6 is 15.9 Å². The molecular formula is C22H17BrN4O4. The molecule has 2 aromatic carbocycles. The number of urea groups is 1. The van der Waals surface area contributed by atoms with E-state index < -0.39 is 23.4 Å². The van der Waals surface area contributed by atoms with E-state index in [0.717, 1.165) is 4.47 Å². The largest absolute Gasteiger partial charge is 0.439 e. The lowest BCUT2D eigenvalue weighted by Gasteiger charge is -2.22. The zero-order chi connectivity index (χ0) is 22.0. The van der Waals surface area contributed by atoms with Crippen molar-refractivity contribution in [1.29, 1.82) is 0 Å². The Morgan fingerprint density at radius 2 is 1.87 bits per heavy atom. The standard InChI is InChI=1S/C22H17BrN4O4/c1-22(15-6-3-2-4-7-15)20(29)27(21(30)25-22)26-19(28)14-10-11-18(24-13-14)31-17-9-5-8-16(23)12-17/h2-13H,1H3,(H,25,30)(H,26,28). The van der Waals surface area contributed by atoms with Crippen molar-refractivity contribution in [2.45, 2.75) is 12.5 Å². The van der Waals surface area contributed by atoms with Gasteiger partial charge in [-0.05, 0) is 36.8 Å². The molecule has 2 N–H and O–H groups in total. The van der Waals surface area contributed by atoms with Crippen LogP contribution < -0.4 is 15.5 Å². The maximum atomic E-state index is 12.9. The topological polar surface area (TPSA) is 101 Å². The van der Waals surface area contributed by atoms with Gasteiger partial charge in [0.25, 0.3) is 11.8 Å². The predicted octanol–water partition coefficient (Wildman–Crippen LogP) is 3.75. The smallest absolute Gasteiger partial charge is 0.344 e. The van der Waals surface area contributed by atoms with Crippen molar-refractivity contribution in [3.05, 3.63) is 88.5 Å². The van der Waals surface area contributed by atoms with Crippen LogP contribution in [0.15, 0.2) is 77.4 Å². The lowest BCUT2D eigenvalue weighted by Crippen LogP contribution is -2.47. The molecule has 1 aliphatic rings. The van der Waals surface area contributed by atoms with E-state index in [0.29, 0.717) is 22.2 Å². The summed E-state index contributed by atoms with van der Waals surface area (Å²) in [4.78, 5) is 41.9. The Bertz CT molecular complexity index is 1150. The number of aromatic nitrogens is 1. The van der Waals surface area contributed by atoms with Gasteiger partial charge in [0.1, 0.15) is 11.3 Å². The Hall–Kier alpha value is -3.72. The van der Waals surface area contributed by atoms with Gasteiger partial charge in [0, 0.05) is 16.7 Å². The summed E-state index contributed by atoms with van der Waals surface area (Å²) in [6, 6.07) is 18.4. The first-order valence-electron chi connectivity index (χ1n) is 9.29. The van der Waals surface area contributed by atoms with Gasteiger partial charge >= 0.3 is 6.03 Å². The van der Waals surface area contributed by atoms with E-state index in [-0.39, 0.29) is 5.56 Å². The van der Waals surface area contributed by atoms with Crippen molar-refractivity contribution < 1.29 is 19.1 Å². The Balaban J connectivity index is 1.45. The fraction of sp³-hybridized carbons (Fsp3) is 0.0909. The van der Waals surface area contributed by atoms with Gasteiger partial charge in [0.15, 0.2) is 0 Å². The lowest BCUT2D eigenvalue weighted by molar-refractivity contribution is -0.132. The highest BCUT2D eigenvalue weighted by Gasteiger charge is 2.50. The van der Waals surface area contributed by atoms with Crippen LogP contribution in [-0.2, 0) is 10.3 Å². The molecule has 4 amide bonds. The van der Waals surface area contributed by atoms with Crippen LogP contribution in [0.4, 0.5) is 4.79 Å². The number of benzene rings is 2. The zero-order valence-corrected chi connectivity index (χ0v) is 17.9. The van der Waals surface area contributed by atoms with Gasteiger partial charge in [-0.3, -0.25) is 15.0 Å². The van der Waals surface area contributed by atoms with E-state index in [1.807, 2.05) is 18.2 Å². The molecule has 156 valence electrons. The second-order valence-corrected chi connectivity index (χ2v) is 7.86. The molecule has 0 saturated carbocycles. The monoisotopic (exact) mass is 480 g/mol. The number of nitrogens with zero attached hydrogens (tertiary/aromatic N) is 2. The minimum Gasteiger partial charge on any atom is -0.439 e. The number of carbonyl (C=O) groups excluding carboxylic acids is 3. The first kappa shape index (κ1) is 20.5. The molecule has 0 radical (unpaired) electrons. The molecule has 1 aliphatic heterocycles. The van der Waals surface area contributed by atoms with Gasteiger partial charge in [-0.2, -0.15) is 5.01 Å². The highest BCUT2D eigenvalue weighted by Crippen LogP contribution is 2.28.